The highest BCUT2D eigenvalue weighted by atomic mass is 35.5. The van der Waals surface area contributed by atoms with Crippen LogP contribution in [0, 0.1) is 0 Å². The Labute approximate surface area is 312 Å². The number of carbonyl (C=O) groups excluding carboxylic acids is 2. The number of ether oxygens (including phenoxy) is 1. The first-order valence-corrected chi connectivity index (χ1v) is 17.7. The van der Waals surface area contributed by atoms with E-state index in [0.717, 1.165) is 33.8 Å². The number of hydrogen-bond donors (Lipinski definition) is 2. The van der Waals surface area contributed by atoms with Crippen molar-refractivity contribution in [2.75, 3.05) is 56.7 Å². The summed E-state index contributed by atoms with van der Waals surface area (Å²) in [7, 11) is 1.76. The number of aliphatic hydroxyl groups is 1. The minimum Gasteiger partial charge on any atom is -0.504 e. The molecule has 2 aromatic heterocycles. The number of amides is 2. The molecule has 7 rings (SSSR count). The molecular weight excluding hydrogens is 731 g/mol. The molecule has 1 saturated heterocycles. The molecule has 0 radical (unpaired) electrons. The van der Waals surface area contributed by atoms with Gasteiger partial charge in [0.15, 0.2) is 17.3 Å². The van der Waals surface area contributed by atoms with E-state index in [9.17, 15) is 32.7 Å². The zero-order chi connectivity index (χ0) is 38.5. The van der Waals surface area contributed by atoms with E-state index >= 15 is 0 Å². The Balaban J connectivity index is 1.26. The van der Waals surface area contributed by atoms with E-state index in [1.54, 1.807) is 28.3 Å². The molecule has 54 heavy (non-hydrogen) atoms. The summed E-state index contributed by atoms with van der Waals surface area (Å²) in [5.41, 5.74) is 2.46. The Morgan fingerprint density at radius 1 is 1.11 bits per heavy atom. The number of rotatable bonds is 7. The summed E-state index contributed by atoms with van der Waals surface area (Å²) in [6.07, 6.45) is -3.63. The van der Waals surface area contributed by atoms with Gasteiger partial charge in [0, 0.05) is 38.8 Å². The summed E-state index contributed by atoms with van der Waals surface area (Å²) in [4.78, 5) is 55.7. The number of aliphatic hydroxyl groups excluding tert-OH is 1. The molecule has 2 N–H and O–H groups in total. The fourth-order valence-electron chi connectivity index (χ4n) is 6.94. The maximum absolute atomic E-state index is 14.4. The second-order valence-electron chi connectivity index (χ2n) is 13.2. The quantitative estimate of drug-likeness (QED) is 0.281. The minimum absolute atomic E-state index is 0.0140. The number of halogens is 4. The predicted molar refractivity (Wildman–Crippen MR) is 195 cm³/mol. The lowest BCUT2D eigenvalue weighted by Gasteiger charge is -2.37. The van der Waals surface area contributed by atoms with E-state index in [0.29, 0.717) is 36.6 Å². The molecule has 1 fully saturated rings. The van der Waals surface area contributed by atoms with Crippen LogP contribution in [-0.4, -0.2) is 98.1 Å². The smallest absolute Gasteiger partial charge is 0.416 e. The summed E-state index contributed by atoms with van der Waals surface area (Å²) in [5, 5.41) is 17.6. The molecule has 4 aromatic rings. The van der Waals surface area contributed by atoms with Gasteiger partial charge < -0.3 is 34.4 Å². The van der Waals surface area contributed by atoms with Gasteiger partial charge in [0.2, 0.25) is 11.7 Å². The highest BCUT2D eigenvalue weighted by Gasteiger charge is 2.34. The summed E-state index contributed by atoms with van der Waals surface area (Å²) in [6.45, 7) is 5.21. The number of fused-ring (bicyclic) bond motifs is 2. The zero-order valence-electron chi connectivity index (χ0n) is 29.7. The predicted octanol–water partition coefficient (Wildman–Crippen LogP) is 4.29. The van der Waals surface area contributed by atoms with Crippen LogP contribution in [0.5, 0.6) is 0 Å². The molecular formula is C36H37ClF3N9O5. The Hall–Kier alpha value is -5.42. The van der Waals surface area contributed by atoms with Crippen LogP contribution < -0.4 is 15.8 Å². The van der Waals surface area contributed by atoms with Gasteiger partial charge >= 0.3 is 6.18 Å². The minimum atomic E-state index is -4.62. The van der Waals surface area contributed by atoms with E-state index in [1.807, 2.05) is 30.0 Å². The fraction of sp³-hybridized carbons (Fsp3) is 0.389. The van der Waals surface area contributed by atoms with Crippen LogP contribution in [-0.2, 0) is 46.5 Å². The molecule has 3 aliphatic rings. The summed E-state index contributed by atoms with van der Waals surface area (Å²) >= 11 is 6.16. The maximum atomic E-state index is 14.4. The van der Waals surface area contributed by atoms with Gasteiger partial charge in [0.05, 0.1) is 40.9 Å². The molecule has 3 aliphatic heterocycles. The van der Waals surface area contributed by atoms with Crippen LogP contribution in [0.15, 0.2) is 57.6 Å². The number of aromatic nitrogens is 4. The number of carbonyl (C=O) groups is 2. The number of anilines is 2. The summed E-state index contributed by atoms with van der Waals surface area (Å²) in [6, 6.07) is 8.38. The van der Waals surface area contributed by atoms with E-state index in [4.69, 9.17) is 21.3 Å². The molecule has 0 bridgehead atoms. The fourth-order valence-corrected chi connectivity index (χ4v) is 7.16. The topological polar surface area (TPSA) is 150 Å². The van der Waals surface area contributed by atoms with Crippen LogP contribution in [0.1, 0.15) is 36.2 Å². The van der Waals surface area contributed by atoms with E-state index < -0.39 is 29.1 Å². The number of alkyl halides is 3. The lowest BCUT2D eigenvalue weighted by molar-refractivity contribution is -0.137. The molecule has 5 heterocycles. The first kappa shape index (κ1) is 36.9. The third-order valence-electron chi connectivity index (χ3n) is 9.98. The van der Waals surface area contributed by atoms with Gasteiger partial charge in [-0.05, 0) is 49.1 Å². The van der Waals surface area contributed by atoms with E-state index in [-0.39, 0.29) is 85.3 Å². The molecule has 0 unspecified atom stereocenters. The van der Waals surface area contributed by atoms with Gasteiger partial charge in [-0.3, -0.25) is 19.4 Å². The van der Waals surface area contributed by atoms with Gasteiger partial charge in [-0.25, -0.2) is 0 Å². The van der Waals surface area contributed by atoms with Gasteiger partial charge in [0.1, 0.15) is 18.9 Å². The lowest BCUT2D eigenvalue weighted by atomic mass is 9.97. The van der Waals surface area contributed by atoms with Gasteiger partial charge in [0.25, 0.3) is 11.5 Å². The van der Waals surface area contributed by atoms with Crippen LogP contribution >= 0.6 is 11.6 Å². The number of nitrogens with one attached hydrogen (secondary N) is 1. The van der Waals surface area contributed by atoms with Crippen LogP contribution in [0.2, 0.25) is 5.02 Å². The Bertz CT molecular complexity index is 2290. The summed E-state index contributed by atoms with van der Waals surface area (Å²) in [5.74, 6) is -0.883. The summed E-state index contributed by atoms with van der Waals surface area (Å²) < 4.78 is 48.3. The van der Waals surface area contributed by atoms with Crippen molar-refractivity contribution in [3.8, 4) is 11.4 Å². The van der Waals surface area contributed by atoms with Crippen LogP contribution in [0.25, 0.3) is 17.2 Å². The Morgan fingerprint density at radius 3 is 2.57 bits per heavy atom. The monoisotopic (exact) mass is 767 g/mol. The number of nitrogens with zero attached hydrogens (tertiary/aromatic N) is 8. The van der Waals surface area contributed by atoms with Crippen molar-refractivity contribution >= 4 is 46.3 Å². The van der Waals surface area contributed by atoms with Gasteiger partial charge in [-0.1, -0.05) is 36.7 Å². The highest BCUT2D eigenvalue weighted by Crippen LogP contribution is 2.34. The molecule has 0 saturated carbocycles. The van der Waals surface area contributed by atoms with Crippen LogP contribution in [0.3, 0.4) is 0 Å². The van der Waals surface area contributed by atoms with E-state index in [1.165, 1.54) is 0 Å². The first-order valence-electron chi connectivity index (χ1n) is 17.3. The molecule has 2 amide bonds. The molecule has 0 aliphatic carbocycles. The third kappa shape index (κ3) is 6.77. The van der Waals surface area contributed by atoms with Crippen molar-refractivity contribution in [2.24, 2.45) is 4.99 Å². The second-order valence-corrected chi connectivity index (χ2v) is 13.6. The maximum Gasteiger partial charge on any atom is 0.416 e. The number of piperazine rings is 1. The second kappa shape index (κ2) is 14.4. The number of hydrogen-bond acceptors (Lipinski definition) is 10. The molecule has 2 aromatic carbocycles. The zero-order valence-corrected chi connectivity index (χ0v) is 30.5. The molecule has 14 nitrogen and oxygen atoms in total. The third-order valence-corrected chi connectivity index (χ3v) is 10.3. The van der Waals surface area contributed by atoms with Crippen molar-refractivity contribution in [1.82, 2.24) is 29.0 Å². The number of aliphatic imine (C=N–C) groups is 1. The van der Waals surface area contributed by atoms with Crippen molar-refractivity contribution in [2.45, 2.75) is 46.0 Å². The standard InChI is InChI=1S/C36H37ClF3N9O5/c1-4-27-30(46-11-13-47(14-12-46)33(52)29-31(51)20(2)45(3)19-41-29)34(53)49-35(43-32(44-49)23-7-5-6-21-10-15-54-18-24(21)23)48(27)17-28(50)42-26-9-8-22(16-25(26)37)36(38,39)40/h5-9,16,51H,4,10-15,17-19H2,1-3H3,(H,42,50). The van der Waals surface area contributed by atoms with Crippen LogP contribution in [0.4, 0.5) is 24.5 Å². The Morgan fingerprint density at radius 2 is 1.87 bits per heavy atom. The molecule has 0 atom stereocenters. The molecule has 284 valence electrons. The first-order chi connectivity index (χ1) is 25.8. The Kier molecular flexibility index (Phi) is 9.87. The van der Waals surface area contributed by atoms with Gasteiger partial charge in [-0.15, -0.1) is 5.10 Å². The SMILES string of the molecule is CCc1c(N2CCN(C(=O)C3=NCN(C)C(C)=C3O)CC2)c(=O)n2nc(-c3cccc4c3COCC4)nc2n1CC(=O)Nc1ccc(C(F)(F)F)cc1Cl. The normalized spacial score (nSPS) is 16.5. The number of benzene rings is 2. The largest absolute Gasteiger partial charge is 0.504 e. The average molecular weight is 768 g/mol. The molecule has 18 heteroatoms. The average Bonchev–Trinajstić information content (AvgIpc) is 3.61. The highest BCUT2D eigenvalue weighted by molar-refractivity contribution is 6.44. The number of allylic oxidation sites excluding steroid dienone is 1. The lowest BCUT2D eigenvalue weighted by Crippen LogP contribution is -2.53. The van der Waals surface area contributed by atoms with Crippen molar-refractivity contribution in [3.05, 3.63) is 85.6 Å². The van der Waals surface area contributed by atoms with Gasteiger partial charge in [-0.2, -0.15) is 22.7 Å². The van der Waals surface area contributed by atoms with Crippen molar-refractivity contribution in [3.63, 3.8) is 0 Å². The van der Waals surface area contributed by atoms with Crippen molar-refractivity contribution < 1.29 is 32.6 Å². The molecule has 0 spiro atoms. The van der Waals surface area contributed by atoms with E-state index in [2.05, 4.69) is 15.4 Å². The van der Waals surface area contributed by atoms with Crippen molar-refractivity contribution in [1.29, 1.82) is 0 Å².